The molecular weight excluding hydrogens is 213 g/mol. The predicted molar refractivity (Wildman–Crippen MR) is 44.9 cm³/mol. The van der Waals surface area contributed by atoms with E-state index in [9.17, 15) is 18.0 Å². The molecule has 0 aliphatic carbocycles. The van der Waals surface area contributed by atoms with Crippen LogP contribution in [-0.4, -0.2) is 16.1 Å². The topological polar surface area (TPSA) is 76.2 Å². The maximum atomic E-state index is 12.8. The van der Waals surface area contributed by atoms with Crippen molar-refractivity contribution in [2.45, 2.75) is 12.8 Å². The van der Waals surface area contributed by atoms with E-state index in [-0.39, 0.29) is 11.4 Å². The third kappa shape index (κ3) is 2.58. The Morgan fingerprint density at radius 1 is 1.60 bits per heavy atom. The largest absolute Gasteiger partial charge is 0.481 e. The minimum atomic E-state index is -3.10. The summed E-state index contributed by atoms with van der Waals surface area (Å²) in [6.45, 7) is 0. The third-order valence-corrected chi connectivity index (χ3v) is 1.64. The molecule has 1 aromatic rings. The molecule has 0 radical (unpaired) electrons. The van der Waals surface area contributed by atoms with Crippen LogP contribution < -0.4 is 5.73 Å². The van der Waals surface area contributed by atoms with E-state index in [4.69, 9.17) is 10.8 Å². The summed E-state index contributed by atoms with van der Waals surface area (Å²) in [6.07, 6.45) is -3.72. The molecule has 0 bridgehead atoms. The fraction of sp³-hybridized carbons (Fsp3) is 0.250. The number of halogens is 3. The van der Waals surface area contributed by atoms with Crippen molar-refractivity contribution in [3.63, 3.8) is 0 Å². The lowest BCUT2D eigenvalue weighted by Crippen LogP contribution is -2.09. The van der Waals surface area contributed by atoms with Crippen molar-refractivity contribution in [1.29, 1.82) is 0 Å². The van der Waals surface area contributed by atoms with Crippen molar-refractivity contribution >= 4 is 11.7 Å². The molecule has 0 fully saturated rings. The minimum Gasteiger partial charge on any atom is -0.481 e. The number of hydrogen-bond donors (Lipinski definition) is 2. The summed E-state index contributed by atoms with van der Waals surface area (Å²) in [5, 5.41) is 8.41. The molecule has 82 valence electrons. The SMILES string of the molecule is Nc1cc(F)c(C(F)F)nc1CC(=O)O. The number of anilines is 1. The minimum absolute atomic E-state index is 0.251. The van der Waals surface area contributed by atoms with Gasteiger partial charge < -0.3 is 10.8 Å². The highest BCUT2D eigenvalue weighted by molar-refractivity contribution is 5.71. The molecule has 0 saturated carbocycles. The van der Waals surface area contributed by atoms with Gasteiger partial charge in [-0.3, -0.25) is 4.79 Å². The third-order valence-electron chi connectivity index (χ3n) is 1.64. The van der Waals surface area contributed by atoms with Crippen LogP contribution in [0.3, 0.4) is 0 Å². The summed E-state index contributed by atoms with van der Waals surface area (Å²) >= 11 is 0. The number of aliphatic carboxylic acids is 1. The lowest BCUT2D eigenvalue weighted by molar-refractivity contribution is -0.136. The van der Waals surface area contributed by atoms with Crippen LogP contribution in [0, 0.1) is 5.82 Å². The van der Waals surface area contributed by atoms with Crippen LogP contribution in [0.4, 0.5) is 18.9 Å². The van der Waals surface area contributed by atoms with E-state index in [1.54, 1.807) is 0 Å². The Labute approximate surface area is 82.5 Å². The molecule has 0 spiro atoms. The van der Waals surface area contributed by atoms with Crippen molar-refractivity contribution < 1.29 is 23.1 Å². The average Bonchev–Trinajstić information content (AvgIpc) is 2.08. The highest BCUT2D eigenvalue weighted by Crippen LogP contribution is 2.23. The number of nitrogen functional groups attached to an aromatic ring is 1. The molecule has 7 heteroatoms. The van der Waals surface area contributed by atoms with Crippen LogP contribution >= 0.6 is 0 Å². The van der Waals surface area contributed by atoms with Gasteiger partial charge in [-0.05, 0) is 0 Å². The summed E-state index contributed by atoms with van der Waals surface area (Å²) in [4.78, 5) is 13.5. The van der Waals surface area contributed by atoms with Crippen molar-refractivity contribution in [3.8, 4) is 0 Å². The van der Waals surface area contributed by atoms with Gasteiger partial charge in [0.2, 0.25) is 0 Å². The molecule has 1 rings (SSSR count). The number of nitrogens with zero attached hydrogens (tertiary/aromatic N) is 1. The highest BCUT2D eigenvalue weighted by Gasteiger charge is 2.19. The lowest BCUT2D eigenvalue weighted by Gasteiger charge is -2.06. The summed E-state index contributed by atoms with van der Waals surface area (Å²) in [5.41, 5.74) is 3.63. The zero-order chi connectivity index (χ0) is 11.6. The maximum absolute atomic E-state index is 12.8. The van der Waals surface area contributed by atoms with Gasteiger partial charge in [0, 0.05) is 6.07 Å². The first-order valence-corrected chi connectivity index (χ1v) is 3.86. The number of carboxylic acid groups (broad SMARTS) is 1. The van der Waals surface area contributed by atoms with E-state index in [1.807, 2.05) is 0 Å². The Morgan fingerprint density at radius 2 is 2.20 bits per heavy atom. The molecule has 3 N–H and O–H groups in total. The van der Waals surface area contributed by atoms with Gasteiger partial charge in [-0.25, -0.2) is 18.2 Å². The Bertz CT molecular complexity index is 396. The predicted octanol–water partition coefficient (Wildman–Crippen LogP) is 1.37. The van der Waals surface area contributed by atoms with Crippen molar-refractivity contribution in [1.82, 2.24) is 4.98 Å². The first-order valence-electron chi connectivity index (χ1n) is 3.86. The van der Waals surface area contributed by atoms with E-state index in [0.717, 1.165) is 0 Å². The summed E-state index contributed by atoms with van der Waals surface area (Å²) in [7, 11) is 0. The van der Waals surface area contributed by atoms with Gasteiger partial charge in [0.1, 0.15) is 5.69 Å². The first-order chi connectivity index (χ1) is 6.91. The van der Waals surface area contributed by atoms with Crippen molar-refractivity contribution in [2.75, 3.05) is 5.73 Å². The van der Waals surface area contributed by atoms with E-state index in [1.165, 1.54) is 0 Å². The normalized spacial score (nSPS) is 10.7. The fourth-order valence-electron chi connectivity index (χ4n) is 0.995. The molecule has 0 unspecified atom stereocenters. The van der Waals surface area contributed by atoms with Gasteiger partial charge in [0.05, 0.1) is 17.8 Å². The molecule has 0 aliphatic rings. The Kier molecular flexibility index (Phi) is 3.13. The van der Waals surface area contributed by atoms with Crippen LogP contribution in [0.15, 0.2) is 6.07 Å². The van der Waals surface area contributed by atoms with E-state index < -0.39 is 30.3 Å². The fourth-order valence-corrected chi connectivity index (χ4v) is 0.995. The van der Waals surface area contributed by atoms with Gasteiger partial charge in [-0.15, -0.1) is 0 Å². The number of carbonyl (C=O) groups is 1. The smallest absolute Gasteiger partial charge is 0.309 e. The van der Waals surface area contributed by atoms with E-state index >= 15 is 0 Å². The summed E-state index contributed by atoms with van der Waals surface area (Å²) in [6, 6.07) is 0.646. The molecule has 0 aromatic carbocycles. The van der Waals surface area contributed by atoms with Gasteiger partial charge in [-0.1, -0.05) is 0 Å². The molecule has 0 amide bonds. The van der Waals surface area contributed by atoms with Crippen LogP contribution in [-0.2, 0) is 11.2 Å². The Morgan fingerprint density at radius 3 is 2.67 bits per heavy atom. The Balaban J connectivity index is 3.17. The number of rotatable bonds is 3. The zero-order valence-electron chi connectivity index (χ0n) is 7.38. The molecular formula is C8H7F3N2O2. The van der Waals surface area contributed by atoms with Crippen LogP contribution in [0.5, 0.6) is 0 Å². The van der Waals surface area contributed by atoms with Gasteiger partial charge in [0.25, 0.3) is 6.43 Å². The maximum Gasteiger partial charge on any atom is 0.309 e. The second kappa shape index (κ2) is 4.16. The standard InChI is InChI=1S/C8H7F3N2O2/c9-3-1-4(12)5(2-6(14)15)13-7(3)8(10)11/h1,8H,2,12H2,(H,14,15). The number of alkyl halides is 2. The summed E-state index contributed by atoms with van der Waals surface area (Å²) < 4.78 is 37.2. The number of aromatic nitrogens is 1. The van der Waals surface area contributed by atoms with Crippen molar-refractivity contribution in [3.05, 3.63) is 23.3 Å². The van der Waals surface area contributed by atoms with Crippen LogP contribution in [0.25, 0.3) is 0 Å². The van der Waals surface area contributed by atoms with Crippen LogP contribution in [0.2, 0.25) is 0 Å². The van der Waals surface area contributed by atoms with Crippen LogP contribution in [0.1, 0.15) is 17.8 Å². The molecule has 0 aliphatic heterocycles. The quantitative estimate of drug-likeness (QED) is 0.806. The number of hydrogen-bond acceptors (Lipinski definition) is 3. The first kappa shape index (κ1) is 11.3. The van der Waals surface area contributed by atoms with E-state index in [2.05, 4.69) is 4.98 Å². The molecule has 1 aromatic heterocycles. The Hall–Kier alpha value is -1.79. The average molecular weight is 220 g/mol. The molecule has 1 heterocycles. The second-order valence-electron chi connectivity index (χ2n) is 2.76. The second-order valence-corrected chi connectivity index (χ2v) is 2.76. The van der Waals surface area contributed by atoms with Gasteiger partial charge in [-0.2, -0.15) is 0 Å². The molecule has 0 saturated heterocycles. The van der Waals surface area contributed by atoms with Gasteiger partial charge >= 0.3 is 5.97 Å². The number of nitrogens with two attached hydrogens (primary N) is 1. The van der Waals surface area contributed by atoms with Crippen molar-refractivity contribution in [2.24, 2.45) is 0 Å². The zero-order valence-corrected chi connectivity index (χ0v) is 7.38. The number of pyridine rings is 1. The lowest BCUT2D eigenvalue weighted by atomic mass is 10.2. The highest BCUT2D eigenvalue weighted by atomic mass is 19.3. The van der Waals surface area contributed by atoms with E-state index in [0.29, 0.717) is 6.07 Å². The molecule has 0 atom stereocenters. The molecule has 4 nitrogen and oxygen atoms in total. The number of carboxylic acids is 1. The molecule has 15 heavy (non-hydrogen) atoms. The summed E-state index contributed by atoms with van der Waals surface area (Å²) in [5.74, 6) is -2.52. The monoisotopic (exact) mass is 220 g/mol. The van der Waals surface area contributed by atoms with Gasteiger partial charge in [0.15, 0.2) is 5.82 Å².